The number of rotatable bonds is 15. The highest BCUT2D eigenvalue weighted by molar-refractivity contribution is 6.07. The molecular formula is C47H53N2O3+. The van der Waals surface area contributed by atoms with Gasteiger partial charge in [0, 0.05) is 53.9 Å². The molecule has 5 nitrogen and oxygen atoms in total. The van der Waals surface area contributed by atoms with Gasteiger partial charge in [0.25, 0.3) is 0 Å². The largest absolute Gasteiger partial charge is 0.481 e. The zero-order valence-corrected chi connectivity index (χ0v) is 31.5. The van der Waals surface area contributed by atoms with Crippen LogP contribution in [0.3, 0.4) is 0 Å². The fourth-order valence-electron chi connectivity index (χ4n) is 8.52. The van der Waals surface area contributed by atoms with Crippen molar-refractivity contribution in [2.24, 2.45) is 0 Å². The lowest BCUT2D eigenvalue weighted by Crippen LogP contribution is -2.31. The second-order valence-corrected chi connectivity index (χ2v) is 15.1. The van der Waals surface area contributed by atoms with Crippen molar-refractivity contribution in [2.75, 3.05) is 18.0 Å². The van der Waals surface area contributed by atoms with Crippen LogP contribution < -0.4 is 4.90 Å². The van der Waals surface area contributed by atoms with Crippen LogP contribution >= 0.6 is 0 Å². The van der Waals surface area contributed by atoms with E-state index in [4.69, 9.17) is 0 Å². The molecule has 1 unspecified atom stereocenters. The summed E-state index contributed by atoms with van der Waals surface area (Å²) in [5.41, 5.74) is 6.31. The van der Waals surface area contributed by atoms with Crippen molar-refractivity contribution in [2.45, 2.75) is 90.4 Å². The summed E-state index contributed by atoms with van der Waals surface area (Å²) in [7, 11) is 0. The van der Waals surface area contributed by atoms with E-state index in [9.17, 15) is 14.7 Å². The molecule has 1 N–H and O–H groups in total. The van der Waals surface area contributed by atoms with Crippen molar-refractivity contribution in [3.63, 3.8) is 0 Å². The average molecular weight is 694 g/mol. The Morgan fingerprint density at radius 3 is 2.12 bits per heavy atom. The quantitative estimate of drug-likeness (QED) is 0.0765. The number of ketones is 1. The third kappa shape index (κ3) is 7.19. The fourth-order valence-corrected chi connectivity index (χ4v) is 8.52. The summed E-state index contributed by atoms with van der Waals surface area (Å²) >= 11 is 0. The van der Waals surface area contributed by atoms with Crippen molar-refractivity contribution in [3.05, 3.63) is 132 Å². The minimum absolute atomic E-state index is 0.0220. The number of benzene rings is 4. The molecule has 6 rings (SSSR count). The SMILES string of the molecule is CCCCN1C(=CC=CC=CC=CC2=[N+](CCCCCC(C)=O)c3ccc4ccccc4c3C2(C)C)C(C)(CC(=O)O)c2c1ccc1ccccc21. The highest BCUT2D eigenvalue weighted by atomic mass is 16.4. The molecule has 2 aliphatic heterocycles. The van der Waals surface area contributed by atoms with Gasteiger partial charge in [0.2, 0.25) is 5.69 Å². The summed E-state index contributed by atoms with van der Waals surface area (Å²) in [5.74, 6) is -0.539. The van der Waals surface area contributed by atoms with E-state index >= 15 is 0 Å². The molecule has 4 aromatic rings. The summed E-state index contributed by atoms with van der Waals surface area (Å²) in [5, 5.41) is 14.9. The molecule has 52 heavy (non-hydrogen) atoms. The number of fused-ring (bicyclic) bond motifs is 6. The molecular weight excluding hydrogens is 641 g/mol. The molecule has 2 heterocycles. The van der Waals surface area contributed by atoms with Gasteiger partial charge in [0.05, 0.1) is 11.8 Å². The van der Waals surface area contributed by atoms with Crippen LogP contribution in [0.5, 0.6) is 0 Å². The van der Waals surface area contributed by atoms with Gasteiger partial charge in [-0.3, -0.25) is 4.79 Å². The van der Waals surface area contributed by atoms with Crippen molar-refractivity contribution < 1.29 is 19.3 Å². The molecule has 268 valence electrons. The van der Waals surface area contributed by atoms with Crippen LogP contribution in [0.2, 0.25) is 0 Å². The zero-order chi connectivity index (χ0) is 36.9. The van der Waals surface area contributed by atoms with Crippen molar-refractivity contribution >= 4 is 50.4 Å². The van der Waals surface area contributed by atoms with Crippen molar-refractivity contribution in [3.8, 4) is 0 Å². The molecule has 0 bridgehead atoms. The van der Waals surface area contributed by atoms with Crippen LogP contribution in [0.15, 0.2) is 121 Å². The molecule has 0 fully saturated rings. The molecule has 0 aromatic heterocycles. The van der Waals surface area contributed by atoms with Gasteiger partial charge in [-0.05, 0) is 92.3 Å². The lowest BCUT2D eigenvalue weighted by molar-refractivity contribution is -0.438. The molecule has 0 saturated carbocycles. The molecule has 0 radical (unpaired) electrons. The molecule has 0 spiro atoms. The predicted octanol–water partition coefficient (Wildman–Crippen LogP) is 11.1. The van der Waals surface area contributed by atoms with Gasteiger partial charge in [-0.15, -0.1) is 0 Å². The summed E-state index contributed by atoms with van der Waals surface area (Å²) in [6, 6.07) is 25.8. The molecule has 5 heteroatoms. The Morgan fingerprint density at radius 1 is 0.769 bits per heavy atom. The minimum Gasteiger partial charge on any atom is -0.481 e. The van der Waals surface area contributed by atoms with E-state index in [1.54, 1.807) is 6.92 Å². The zero-order valence-electron chi connectivity index (χ0n) is 31.5. The molecule has 1 atom stereocenters. The van der Waals surface area contributed by atoms with Crippen LogP contribution in [-0.2, 0) is 20.4 Å². The van der Waals surface area contributed by atoms with E-state index in [2.05, 4.69) is 128 Å². The van der Waals surface area contributed by atoms with Gasteiger partial charge in [0.15, 0.2) is 5.71 Å². The molecule has 2 aliphatic rings. The van der Waals surface area contributed by atoms with Gasteiger partial charge >= 0.3 is 5.97 Å². The van der Waals surface area contributed by atoms with E-state index in [0.29, 0.717) is 6.42 Å². The Bertz CT molecular complexity index is 2150. The number of hydrogen-bond donors (Lipinski definition) is 1. The number of anilines is 1. The monoisotopic (exact) mass is 693 g/mol. The number of unbranched alkanes of at least 4 members (excludes halogenated alkanes) is 3. The number of carboxylic acid groups (broad SMARTS) is 1. The molecule has 0 saturated heterocycles. The minimum atomic E-state index is -0.800. The first-order valence-electron chi connectivity index (χ1n) is 19.0. The van der Waals surface area contributed by atoms with Gasteiger partial charge in [-0.25, -0.2) is 0 Å². The highest BCUT2D eigenvalue weighted by Gasteiger charge is 2.46. The second-order valence-electron chi connectivity index (χ2n) is 15.1. The summed E-state index contributed by atoms with van der Waals surface area (Å²) in [6.07, 6.45) is 20.4. The number of nitrogens with zero attached hydrogens (tertiary/aromatic N) is 2. The van der Waals surface area contributed by atoms with Crippen LogP contribution in [0, 0.1) is 0 Å². The normalized spacial score (nSPS) is 18.9. The number of aliphatic carboxylic acids is 1. The van der Waals surface area contributed by atoms with Crippen molar-refractivity contribution in [1.82, 2.24) is 0 Å². The highest BCUT2D eigenvalue weighted by Crippen LogP contribution is 2.53. The van der Waals surface area contributed by atoms with E-state index in [1.807, 2.05) is 24.3 Å². The van der Waals surface area contributed by atoms with Gasteiger partial charge < -0.3 is 14.8 Å². The first-order valence-corrected chi connectivity index (χ1v) is 19.0. The van der Waals surface area contributed by atoms with E-state index < -0.39 is 11.4 Å². The topological polar surface area (TPSA) is 60.6 Å². The Morgan fingerprint density at radius 2 is 1.42 bits per heavy atom. The maximum absolute atomic E-state index is 12.3. The Hall–Kier alpha value is -5.03. The van der Waals surface area contributed by atoms with E-state index in [1.165, 1.54) is 27.7 Å². The Balaban J connectivity index is 1.28. The number of carboxylic acids is 1. The number of hydrogen-bond acceptors (Lipinski definition) is 3. The van der Waals surface area contributed by atoms with E-state index in [0.717, 1.165) is 72.9 Å². The van der Waals surface area contributed by atoms with Crippen molar-refractivity contribution in [1.29, 1.82) is 0 Å². The van der Waals surface area contributed by atoms with Crippen LogP contribution in [-0.4, -0.2) is 40.2 Å². The average Bonchev–Trinajstić information content (AvgIpc) is 3.48. The fraction of sp³-hybridized carbons (Fsp3) is 0.340. The Kier molecular flexibility index (Phi) is 11.1. The number of carbonyl (C=O) groups is 2. The van der Waals surface area contributed by atoms with Crippen LogP contribution in [0.1, 0.15) is 90.7 Å². The summed E-state index contributed by atoms with van der Waals surface area (Å²) in [6.45, 7) is 12.4. The maximum Gasteiger partial charge on any atom is 0.304 e. The molecule has 0 amide bonds. The summed E-state index contributed by atoms with van der Waals surface area (Å²) < 4.78 is 2.48. The second kappa shape index (κ2) is 15.7. The first kappa shape index (κ1) is 36.8. The summed E-state index contributed by atoms with van der Waals surface area (Å²) in [4.78, 5) is 26.2. The lowest BCUT2D eigenvalue weighted by Gasteiger charge is -2.29. The third-order valence-corrected chi connectivity index (χ3v) is 11.0. The van der Waals surface area contributed by atoms with Gasteiger partial charge in [-0.1, -0.05) is 98.3 Å². The lowest BCUT2D eigenvalue weighted by atomic mass is 9.76. The smallest absolute Gasteiger partial charge is 0.304 e. The van der Waals surface area contributed by atoms with Crippen LogP contribution in [0.25, 0.3) is 21.5 Å². The number of carbonyl (C=O) groups excluding carboxylic acids is 1. The van der Waals surface area contributed by atoms with Gasteiger partial charge in [0.1, 0.15) is 12.3 Å². The van der Waals surface area contributed by atoms with Gasteiger partial charge in [-0.2, -0.15) is 4.58 Å². The number of Topliss-reactive ketones (excluding diaryl/α,β-unsaturated/α-hetero) is 1. The molecule has 0 aliphatic carbocycles. The Labute approximate surface area is 309 Å². The van der Waals surface area contributed by atoms with Crippen LogP contribution in [0.4, 0.5) is 11.4 Å². The maximum atomic E-state index is 12.3. The standard InChI is InChI=1S/C47H52N2O3/c1-6-7-31-49-40-30-28-36-22-16-18-24-38(36)45(40)47(5,33-43(51)52)42(49)26-14-10-8-9-13-25-41-46(3,4)44-37-23-17-15-21-35(37)27-29-39(44)48(41)32-19-11-12-20-34(2)50/h8-10,13-18,21-30H,6-7,11-12,19-20,31-33H2,1-5H3/p+1. The number of allylic oxidation sites excluding steroid dienone is 8. The first-order chi connectivity index (χ1) is 25.1. The third-order valence-electron chi connectivity index (χ3n) is 11.0. The molecule has 4 aromatic carbocycles. The van der Waals surface area contributed by atoms with E-state index in [-0.39, 0.29) is 17.6 Å². The predicted molar refractivity (Wildman–Crippen MR) is 217 cm³/mol.